The lowest BCUT2D eigenvalue weighted by Gasteiger charge is -2.10. The van der Waals surface area contributed by atoms with Crippen molar-refractivity contribution in [2.75, 3.05) is 0 Å². The van der Waals surface area contributed by atoms with Gasteiger partial charge < -0.3 is 10.5 Å². The number of rotatable bonds is 1. The molecule has 0 amide bonds. The lowest BCUT2D eigenvalue weighted by Crippen LogP contribution is -2.29. The molecule has 0 aromatic heterocycles. The maximum Gasteiger partial charge on any atom is 0.109 e. The van der Waals surface area contributed by atoms with Gasteiger partial charge in [-0.15, -0.1) is 0 Å². The van der Waals surface area contributed by atoms with Crippen LogP contribution in [0.4, 0.5) is 0 Å². The lowest BCUT2D eigenvalue weighted by molar-refractivity contribution is 0.0802. The van der Waals surface area contributed by atoms with Gasteiger partial charge in [-0.3, -0.25) is 0 Å². The molecule has 2 nitrogen and oxygen atoms in total. The molecule has 0 saturated carbocycles. The Labute approximate surface area is 57.2 Å². The van der Waals surface area contributed by atoms with E-state index in [2.05, 4.69) is 6.92 Å². The molecule has 0 aromatic carbocycles. The number of hydrogen-bond donors (Lipinski definition) is 1. The number of nitrogens with two attached hydrogens (primary N) is 1. The van der Waals surface area contributed by atoms with Gasteiger partial charge in [0.1, 0.15) is 7.85 Å². The molecule has 3 heteroatoms. The topological polar surface area (TPSA) is 35.2 Å². The fourth-order valence-corrected chi connectivity index (χ4v) is 1.20. The standard InChI is InChI=1S/C6H12BNO/c1-2-5-4(8)3-6(7)9-5/h4-6H,2-3,8H2,1H3/t4?,5-,6-/m1/s1. The summed E-state index contributed by atoms with van der Waals surface area (Å²) in [7, 11) is 5.49. The Morgan fingerprint density at radius 1 is 1.78 bits per heavy atom. The van der Waals surface area contributed by atoms with E-state index in [0.29, 0.717) is 0 Å². The van der Waals surface area contributed by atoms with Gasteiger partial charge in [0.25, 0.3) is 0 Å². The van der Waals surface area contributed by atoms with Crippen LogP contribution in [0.25, 0.3) is 0 Å². The van der Waals surface area contributed by atoms with Crippen LogP contribution in [-0.2, 0) is 4.74 Å². The van der Waals surface area contributed by atoms with Gasteiger partial charge in [-0.2, -0.15) is 0 Å². The van der Waals surface area contributed by atoms with Gasteiger partial charge in [-0.1, -0.05) is 6.92 Å². The molecule has 1 heterocycles. The normalized spacial score (nSPS) is 43.6. The molecule has 2 radical (unpaired) electrons. The summed E-state index contributed by atoms with van der Waals surface area (Å²) in [5.74, 6) is 0. The zero-order chi connectivity index (χ0) is 6.85. The first kappa shape index (κ1) is 7.10. The highest BCUT2D eigenvalue weighted by molar-refractivity contribution is 6.11. The van der Waals surface area contributed by atoms with E-state index in [9.17, 15) is 0 Å². The molecule has 9 heavy (non-hydrogen) atoms. The Bertz CT molecular complexity index is 99.1. The van der Waals surface area contributed by atoms with Gasteiger partial charge in [0, 0.05) is 12.0 Å². The third kappa shape index (κ3) is 1.46. The van der Waals surface area contributed by atoms with Crippen LogP contribution in [-0.4, -0.2) is 26.0 Å². The first-order valence-corrected chi connectivity index (χ1v) is 3.40. The highest BCUT2D eigenvalue weighted by Gasteiger charge is 2.27. The molecular weight excluding hydrogens is 113 g/mol. The van der Waals surface area contributed by atoms with Crippen molar-refractivity contribution in [3.63, 3.8) is 0 Å². The highest BCUT2D eigenvalue weighted by atomic mass is 16.5. The SMILES string of the molecule is [B][C@H]1CC(N)[C@@H](CC)O1. The summed E-state index contributed by atoms with van der Waals surface area (Å²) in [4.78, 5) is 0. The van der Waals surface area contributed by atoms with Crippen LogP contribution in [0.3, 0.4) is 0 Å². The second-order valence-electron chi connectivity index (χ2n) is 2.52. The fourth-order valence-electron chi connectivity index (χ4n) is 1.20. The first-order chi connectivity index (χ1) is 4.24. The smallest absolute Gasteiger partial charge is 0.109 e. The van der Waals surface area contributed by atoms with E-state index in [0.717, 1.165) is 12.8 Å². The minimum Gasteiger partial charge on any atom is -0.383 e. The van der Waals surface area contributed by atoms with Crippen molar-refractivity contribution in [2.24, 2.45) is 5.73 Å². The molecule has 50 valence electrons. The quantitative estimate of drug-likeness (QED) is 0.501. The van der Waals surface area contributed by atoms with E-state index in [1.807, 2.05) is 0 Å². The zero-order valence-corrected chi connectivity index (χ0v) is 5.71. The van der Waals surface area contributed by atoms with E-state index in [1.54, 1.807) is 0 Å². The Hall–Kier alpha value is -0.0151. The highest BCUT2D eigenvalue weighted by Crippen LogP contribution is 2.18. The van der Waals surface area contributed by atoms with Crippen LogP contribution in [0.5, 0.6) is 0 Å². The van der Waals surface area contributed by atoms with Gasteiger partial charge in [0.2, 0.25) is 0 Å². The molecule has 0 spiro atoms. The molecular formula is C6H12BNO. The predicted octanol–water partition coefficient (Wildman–Crippen LogP) is 0.00720. The Balaban J connectivity index is 2.38. The summed E-state index contributed by atoms with van der Waals surface area (Å²) >= 11 is 0. The molecule has 0 aromatic rings. The molecule has 1 aliphatic heterocycles. The molecule has 0 aliphatic carbocycles. The molecule has 2 N–H and O–H groups in total. The average Bonchev–Trinajstić information content (AvgIpc) is 2.10. The van der Waals surface area contributed by atoms with E-state index in [-0.39, 0.29) is 18.1 Å². The van der Waals surface area contributed by atoms with Gasteiger partial charge >= 0.3 is 0 Å². The summed E-state index contributed by atoms with van der Waals surface area (Å²) in [6, 6.07) is 0.0370. The van der Waals surface area contributed by atoms with E-state index in [1.165, 1.54) is 0 Å². The lowest BCUT2D eigenvalue weighted by atomic mass is 9.95. The first-order valence-electron chi connectivity index (χ1n) is 3.40. The van der Waals surface area contributed by atoms with Crippen molar-refractivity contribution < 1.29 is 4.74 Å². The van der Waals surface area contributed by atoms with Crippen LogP contribution in [0.1, 0.15) is 19.8 Å². The van der Waals surface area contributed by atoms with E-state index < -0.39 is 0 Å². The molecule has 1 fully saturated rings. The summed E-state index contributed by atoms with van der Waals surface area (Å²) in [6.07, 6.45) is 1.97. The minimum atomic E-state index is -0.120. The van der Waals surface area contributed by atoms with Crippen LogP contribution in [0.2, 0.25) is 0 Å². The third-order valence-corrected chi connectivity index (χ3v) is 1.73. The molecule has 0 bridgehead atoms. The third-order valence-electron chi connectivity index (χ3n) is 1.73. The molecule has 1 rings (SSSR count). The largest absolute Gasteiger partial charge is 0.383 e. The van der Waals surface area contributed by atoms with Crippen molar-refractivity contribution >= 4 is 7.85 Å². The maximum absolute atomic E-state index is 5.67. The van der Waals surface area contributed by atoms with Crippen LogP contribution in [0, 0.1) is 0 Å². The number of ether oxygens (including phenoxy) is 1. The molecule has 3 atom stereocenters. The Morgan fingerprint density at radius 2 is 2.44 bits per heavy atom. The summed E-state index contributed by atoms with van der Waals surface area (Å²) < 4.78 is 5.28. The van der Waals surface area contributed by atoms with Crippen molar-refractivity contribution in [3.05, 3.63) is 0 Å². The van der Waals surface area contributed by atoms with Crippen LogP contribution < -0.4 is 5.73 Å². The Kier molecular flexibility index (Phi) is 2.14. The van der Waals surface area contributed by atoms with Crippen LogP contribution >= 0.6 is 0 Å². The average molecular weight is 125 g/mol. The minimum absolute atomic E-state index is 0.120. The van der Waals surface area contributed by atoms with Crippen LogP contribution in [0.15, 0.2) is 0 Å². The van der Waals surface area contributed by atoms with Crippen molar-refractivity contribution in [3.8, 4) is 0 Å². The van der Waals surface area contributed by atoms with Gasteiger partial charge in [-0.05, 0) is 12.8 Å². The monoisotopic (exact) mass is 125 g/mol. The maximum atomic E-state index is 5.67. The van der Waals surface area contributed by atoms with Gasteiger partial charge in [-0.25, -0.2) is 0 Å². The van der Waals surface area contributed by atoms with Crippen molar-refractivity contribution in [1.82, 2.24) is 0 Å². The van der Waals surface area contributed by atoms with E-state index in [4.69, 9.17) is 18.3 Å². The predicted molar refractivity (Wildman–Crippen MR) is 37.3 cm³/mol. The summed E-state index contributed by atoms with van der Waals surface area (Å²) in [5, 5.41) is 0. The van der Waals surface area contributed by atoms with Gasteiger partial charge in [0.05, 0.1) is 6.10 Å². The second kappa shape index (κ2) is 2.71. The molecule has 1 saturated heterocycles. The van der Waals surface area contributed by atoms with Crippen molar-refractivity contribution in [2.45, 2.75) is 37.9 Å². The Morgan fingerprint density at radius 3 is 2.67 bits per heavy atom. The van der Waals surface area contributed by atoms with E-state index >= 15 is 0 Å². The summed E-state index contributed by atoms with van der Waals surface area (Å²) in [6.45, 7) is 2.06. The zero-order valence-electron chi connectivity index (χ0n) is 5.71. The van der Waals surface area contributed by atoms with Crippen molar-refractivity contribution in [1.29, 1.82) is 0 Å². The number of hydrogen-bond acceptors (Lipinski definition) is 2. The second-order valence-corrected chi connectivity index (χ2v) is 2.52. The summed E-state index contributed by atoms with van der Waals surface area (Å²) in [5.41, 5.74) is 5.67. The van der Waals surface area contributed by atoms with Gasteiger partial charge in [0.15, 0.2) is 0 Å². The fraction of sp³-hybridized carbons (Fsp3) is 1.00. The molecule has 1 unspecified atom stereocenters. The molecule has 1 aliphatic rings.